The Labute approximate surface area is 146 Å². The van der Waals surface area contributed by atoms with Gasteiger partial charge in [-0.05, 0) is 25.5 Å². The van der Waals surface area contributed by atoms with E-state index in [0.29, 0.717) is 41.9 Å². The van der Waals surface area contributed by atoms with E-state index < -0.39 is 5.54 Å². The van der Waals surface area contributed by atoms with Crippen LogP contribution in [0.15, 0.2) is 23.2 Å². The number of aliphatic imine (C=N–C) groups is 1. The van der Waals surface area contributed by atoms with Crippen LogP contribution < -0.4 is 4.74 Å². The Hall–Kier alpha value is -1.73. The van der Waals surface area contributed by atoms with Gasteiger partial charge >= 0.3 is 5.97 Å². The second-order valence-corrected chi connectivity index (χ2v) is 6.57. The van der Waals surface area contributed by atoms with Crippen molar-refractivity contribution >= 4 is 22.8 Å². The number of hydrogen-bond acceptors (Lipinski definition) is 7. The van der Waals surface area contributed by atoms with Gasteiger partial charge in [-0.15, -0.1) is 11.8 Å². The number of rotatable bonds is 8. The maximum absolute atomic E-state index is 11.8. The molecule has 0 radical (unpaired) electrons. The zero-order chi connectivity index (χ0) is 17.6. The van der Waals surface area contributed by atoms with Gasteiger partial charge in [0.2, 0.25) is 0 Å². The van der Waals surface area contributed by atoms with E-state index in [2.05, 4.69) is 4.99 Å². The Morgan fingerprint density at radius 2 is 2.17 bits per heavy atom. The minimum absolute atomic E-state index is 0.0716. The largest absolute Gasteiger partial charge is 0.507 e. The van der Waals surface area contributed by atoms with Crippen molar-refractivity contribution in [3.63, 3.8) is 0 Å². The predicted octanol–water partition coefficient (Wildman–Crippen LogP) is 2.62. The van der Waals surface area contributed by atoms with E-state index >= 15 is 0 Å². The van der Waals surface area contributed by atoms with Crippen LogP contribution in [0.25, 0.3) is 0 Å². The second-order valence-electron chi connectivity index (χ2n) is 5.61. The summed E-state index contributed by atoms with van der Waals surface area (Å²) in [6.45, 7) is 5.42. The van der Waals surface area contributed by atoms with Crippen molar-refractivity contribution < 1.29 is 24.1 Å². The molecule has 0 amide bonds. The molecule has 1 atom stereocenters. The normalized spacial score (nSPS) is 19.9. The highest BCUT2D eigenvalue weighted by molar-refractivity contribution is 8.14. The first-order valence-corrected chi connectivity index (χ1v) is 8.83. The fourth-order valence-electron chi connectivity index (χ4n) is 2.21. The standard InChI is InChI=1S/C17H23NO5S/c1-4-7-22-8-9-23-12-5-6-13(14(19)10-12)15-18-17(2,11-24-15)16(20)21-3/h5-6,10,19H,4,7-9,11H2,1-3H3/t17-/m1/s1. The lowest BCUT2D eigenvalue weighted by atomic mass is 10.1. The third-order valence-electron chi connectivity index (χ3n) is 3.51. The quantitative estimate of drug-likeness (QED) is 0.572. The van der Waals surface area contributed by atoms with Crippen molar-refractivity contribution in [1.82, 2.24) is 0 Å². The summed E-state index contributed by atoms with van der Waals surface area (Å²) in [4.78, 5) is 16.2. The molecule has 7 heteroatoms. The molecule has 6 nitrogen and oxygen atoms in total. The highest BCUT2D eigenvalue weighted by atomic mass is 32.2. The number of hydrogen-bond donors (Lipinski definition) is 1. The number of methoxy groups -OCH3 is 1. The number of carbonyl (C=O) groups excluding carboxylic acids is 1. The van der Waals surface area contributed by atoms with Crippen LogP contribution in [-0.4, -0.2) is 54.3 Å². The fourth-order valence-corrected chi connectivity index (χ4v) is 3.40. The van der Waals surface area contributed by atoms with Gasteiger partial charge in [-0.25, -0.2) is 4.79 Å². The first-order valence-electron chi connectivity index (χ1n) is 7.85. The Morgan fingerprint density at radius 3 is 2.83 bits per heavy atom. The number of esters is 1. The first kappa shape index (κ1) is 18.6. The van der Waals surface area contributed by atoms with Crippen molar-refractivity contribution in [2.45, 2.75) is 25.8 Å². The number of phenols is 1. The van der Waals surface area contributed by atoms with E-state index in [1.54, 1.807) is 25.1 Å². The van der Waals surface area contributed by atoms with E-state index in [1.807, 2.05) is 6.92 Å². The van der Waals surface area contributed by atoms with Crippen LogP contribution in [0, 0.1) is 0 Å². The van der Waals surface area contributed by atoms with E-state index in [9.17, 15) is 9.90 Å². The van der Waals surface area contributed by atoms with Gasteiger partial charge in [0.15, 0.2) is 5.54 Å². The summed E-state index contributed by atoms with van der Waals surface area (Å²) in [5.41, 5.74) is -0.324. The lowest BCUT2D eigenvalue weighted by molar-refractivity contribution is -0.145. The molecule has 1 aliphatic heterocycles. The monoisotopic (exact) mass is 353 g/mol. The molecule has 2 rings (SSSR count). The molecule has 0 fully saturated rings. The number of nitrogens with zero attached hydrogens (tertiary/aromatic N) is 1. The Balaban J connectivity index is 2.02. The molecule has 0 unspecified atom stereocenters. The van der Waals surface area contributed by atoms with Crippen LogP contribution in [0.2, 0.25) is 0 Å². The molecule has 1 heterocycles. The number of benzene rings is 1. The van der Waals surface area contributed by atoms with Crippen molar-refractivity contribution in [2.24, 2.45) is 4.99 Å². The molecule has 0 bridgehead atoms. The summed E-state index contributed by atoms with van der Waals surface area (Å²) in [5, 5.41) is 10.9. The fraction of sp³-hybridized carbons (Fsp3) is 0.529. The van der Waals surface area contributed by atoms with E-state index in [4.69, 9.17) is 14.2 Å². The van der Waals surface area contributed by atoms with Gasteiger partial charge in [-0.1, -0.05) is 6.92 Å². The van der Waals surface area contributed by atoms with Gasteiger partial charge in [0.25, 0.3) is 0 Å². The second kappa shape index (κ2) is 8.39. The molecule has 0 aliphatic carbocycles. The minimum Gasteiger partial charge on any atom is -0.507 e. The molecule has 24 heavy (non-hydrogen) atoms. The third-order valence-corrected chi connectivity index (χ3v) is 4.80. The van der Waals surface area contributed by atoms with Gasteiger partial charge in [-0.3, -0.25) is 4.99 Å². The van der Waals surface area contributed by atoms with Crippen LogP contribution in [0.5, 0.6) is 11.5 Å². The van der Waals surface area contributed by atoms with Crippen LogP contribution in [0.4, 0.5) is 0 Å². The van der Waals surface area contributed by atoms with Crippen molar-refractivity contribution in [2.75, 3.05) is 32.7 Å². The highest BCUT2D eigenvalue weighted by Crippen LogP contribution is 2.35. The maximum atomic E-state index is 11.8. The predicted molar refractivity (Wildman–Crippen MR) is 94.1 cm³/mol. The molecule has 1 aromatic rings. The summed E-state index contributed by atoms with van der Waals surface area (Å²) in [6.07, 6.45) is 0.972. The molecule has 0 spiro atoms. The maximum Gasteiger partial charge on any atom is 0.334 e. The molecule has 1 N–H and O–H groups in total. The lowest BCUT2D eigenvalue weighted by Crippen LogP contribution is -2.34. The van der Waals surface area contributed by atoms with Crippen molar-refractivity contribution in [3.05, 3.63) is 23.8 Å². The van der Waals surface area contributed by atoms with E-state index in [0.717, 1.165) is 6.42 Å². The minimum atomic E-state index is -0.910. The van der Waals surface area contributed by atoms with E-state index in [1.165, 1.54) is 18.9 Å². The third kappa shape index (κ3) is 4.42. The summed E-state index contributed by atoms with van der Waals surface area (Å²) >= 11 is 1.42. The smallest absolute Gasteiger partial charge is 0.334 e. The van der Waals surface area contributed by atoms with Gasteiger partial charge < -0.3 is 19.3 Å². The van der Waals surface area contributed by atoms with Gasteiger partial charge in [0.1, 0.15) is 23.1 Å². The van der Waals surface area contributed by atoms with Crippen LogP contribution in [0.1, 0.15) is 25.8 Å². The Kier molecular flexibility index (Phi) is 6.51. The average Bonchev–Trinajstić information content (AvgIpc) is 2.97. The van der Waals surface area contributed by atoms with Crippen LogP contribution in [0.3, 0.4) is 0 Å². The Bertz CT molecular complexity index is 619. The molecule has 132 valence electrons. The summed E-state index contributed by atoms with van der Waals surface area (Å²) in [5.74, 6) is 0.746. The van der Waals surface area contributed by atoms with Crippen molar-refractivity contribution in [1.29, 1.82) is 0 Å². The SMILES string of the molecule is CCCOCCOc1ccc(C2=N[C@@](C)(C(=O)OC)CS2)c(O)c1. The molecule has 0 saturated heterocycles. The Morgan fingerprint density at radius 1 is 1.38 bits per heavy atom. The lowest BCUT2D eigenvalue weighted by Gasteiger charge is -2.15. The number of thioether (sulfide) groups is 1. The van der Waals surface area contributed by atoms with E-state index in [-0.39, 0.29) is 11.7 Å². The van der Waals surface area contributed by atoms with Gasteiger partial charge in [0.05, 0.1) is 13.7 Å². The summed E-state index contributed by atoms with van der Waals surface area (Å²) < 4.78 is 15.7. The highest BCUT2D eigenvalue weighted by Gasteiger charge is 2.40. The van der Waals surface area contributed by atoms with Crippen molar-refractivity contribution in [3.8, 4) is 11.5 Å². The molecule has 1 aliphatic rings. The number of carbonyl (C=O) groups is 1. The number of aromatic hydroxyl groups is 1. The number of phenolic OH excluding ortho intramolecular Hbond substituents is 1. The number of ether oxygens (including phenoxy) is 3. The zero-order valence-electron chi connectivity index (χ0n) is 14.2. The molecular formula is C17H23NO5S. The average molecular weight is 353 g/mol. The molecule has 0 saturated carbocycles. The summed E-state index contributed by atoms with van der Waals surface area (Å²) in [7, 11) is 1.35. The topological polar surface area (TPSA) is 77.4 Å². The van der Waals surface area contributed by atoms with Crippen LogP contribution in [-0.2, 0) is 14.3 Å². The molecule has 0 aromatic heterocycles. The van der Waals surface area contributed by atoms with Gasteiger partial charge in [-0.2, -0.15) is 0 Å². The summed E-state index contributed by atoms with van der Waals surface area (Å²) in [6, 6.07) is 5.06. The van der Waals surface area contributed by atoms with Crippen LogP contribution >= 0.6 is 11.8 Å². The first-order chi connectivity index (χ1) is 11.5. The molecular weight excluding hydrogens is 330 g/mol. The van der Waals surface area contributed by atoms with Gasteiger partial charge in [0, 0.05) is 24.0 Å². The zero-order valence-corrected chi connectivity index (χ0v) is 15.0. The molecule has 1 aromatic carbocycles.